The highest BCUT2D eigenvalue weighted by atomic mass is 32.2. The van der Waals surface area contributed by atoms with Gasteiger partial charge in [-0.05, 0) is 30.7 Å². The maximum Gasteiger partial charge on any atom is 0.265 e. The van der Waals surface area contributed by atoms with Crippen LogP contribution in [0.15, 0.2) is 17.0 Å². The van der Waals surface area contributed by atoms with E-state index >= 15 is 0 Å². The Morgan fingerprint density at radius 1 is 1.37 bits per heavy atom. The molecule has 0 radical (unpaired) electrons. The second-order valence-electron chi connectivity index (χ2n) is 4.15. The molecule has 0 bridgehead atoms. The van der Waals surface area contributed by atoms with Gasteiger partial charge in [-0.2, -0.15) is 0 Å². The van der Waals surface area contributed by atoms with Crippen LogP contribution in [0.25, 0.3) is 6.08 Å². The summed E-state index contributed by atoms with van der Waals surface area (Å²) in [5.74, 6) is -0.328. The molecule has 0 spiro atoms. The van der Waals surface area contributed by atoms with Gasteiger partial charge in [-0.25, -0.2) is 0 Å². The maximum atomic E-state index is 11.9. The zero-order valence-electron chi connectivity index (χ0n) is 10.3. The Balaban J connectivity index is 2.50. The van der Waals surface area contributed by atoms with Crippen molar-refractivity contribution in [1.82, 2.24) is 4.90 Å². The highest BCUT2D eigenvalue weighted by molar-refractivity contribution is 8.26. The second kappa shape index (κ2) is 5.14. The molecule has 1 fully saturated rings. The quantitative estimate of drug-likeness (QED) is 0.515. The highest BCUT2D eigenvalue weighted by Crippen LogP contribution is 2.34. The van der Waals surface area contributed by atoms with E-state index in [0.717, 1.165) is 5.56 Å². The van der Waals surface area contributed by atoms with Crippen molar-refractivity contribution in [2.75, 3.05) is 7.05 Å². The van der Waals surface area contributed by atoms with E-state index < -0.39 is 0 Å². The third-order valence-corrected chi connectivity index (χ3v) is 4.20. The molecule has 1 saturated heterocycles. The number of carbonyl (C=O) groups excluding carboxylic acids is 2. The van der Waals surface area contributed by atoms with Gasteiger partial charge in [0, 0.05) is 12.6 Å². The molecule has 1 aromatic carbocycles. The van der Waals surface area contributed by atoms with Gasteiger partial charge in [0.1, 0.15) is 10.1 Å². The van der Waals surface area contributed by atoms with Crippen LogP contribution in [0.2, 0.25) is 0 Å². The number of rotatable bonds is 2. The number of thioether (sulfide) groups is 1. The van der Waals surface area contributed by atoms with Gasteiger partial charge in [-0.15, -0.1) is 0 Å². The summed E-state index contributed by atoms with van der Waals surface area (Å²) in [6, 6.07) is 3.30. The number of benzene rings is 1. The Bertz CT molecular complexity index is 623. The lowest BCUT2D eigenvalue weighted by atomic mass is 10.0. The molecular formula is C13H11NO3S2. The van der Waals surface area contributed by atoms with E-state index in [1.54, 1.807) is 25.3 Å². The number of carbonyl (C=O) groups is 2. The van der Waals surface area contributed by atoms with Crippen LogP contribution in [0.4, 0.5) is 0 Å². The number of aryl methyl sites for hydroxylation is 1. The van der Waals surface area contributed by atoms with Gasteiger partial charge in [0.2, 0.25) is 0 Å². The molecule has 2 rings (SSSR count). The van der Waals surface area contributed by atoms with E-state index in [2.05, 4.69) is 0 Å². The molecule has 1 heterocycles. The molecule has 1 aromatic rings. The van der Waals surface area contributed by atoms with E-state index in [-0.39, 0.29) is 17.2 Å². The number of likely N-dealkylation sites (N-methyl/N-ethyl adjacent to an activating group) is 1. The lowest BCUT2D eigenvalue weighted by Crippen LogP contribution is -2.22. The second-order valence-corrected chi connectivity index (χ2v) is 5.83. The van der Waals surface area contributed by atoms with Crippen molar-refractivity contribution in [2.45, 2.75) is 6.92 Å². The third-order valence-electron chi connectivity index (χ3n) is 2.71. The third kappa shape index (κ3) is 2.54. The lowest BCUT2D eigenvalue weighted by molar-refractivity contribution is -0.121. The molecule has 0 aliphatic carbocycles. The number of phenols is 1. The molecule has 1 aliphatic rings. The lowest BCUT2D eigenvalue weighted by Gasteiger charge is -2.05. The Hall–Kier alpha value is -1.66. The smallest absolute Gasteiger partial charge is 0.265 e. The van der Waals surface area contributed by atoms with Gasteiger partial charge in [-0.3, -0.25) is 14.5 Å². The maximum absolute atomic E-state index is 11.9. The van der Waals surface area contributed by atoms with Crippen molar-refractivity contribution in [3.63, 3.8) is 0 Å². The number of amides is 1. The molecule has 4 nitrogen and oxygen atoms in total. The Kier molecular flexibility index (Phi) is 3.73. The summed E-state index contributed by atoms with van der Waals surface area (Å²) in [6.07, 6.45) is 2.14. The van der Waals surface area contributed by atoms with Crippen LogP contribution in [0.3, 0.4) is 0 Å². The fourth-order valence-corrected chi connectivity index (χ4v) is 2.89. The van der Waals surface area contributed by atoms with Crippen LogP contribution in [-0.2, 0) is 4.79 Å². The Morgan fingerprint density at radius 3 is 2.53 bits per heavy atom. The number of nitrogens with zero attached hydrogens (tertiary/aromatic N) is 1. The molecule has 98 valence electrons. The minimum Gasteiger partial charge on any atom is -0.507 e. The first-order chi connectivity index (χ1) is 8.93. The van der Waals surface area contributed by atoms with Crippen molar-refractivity contribution in [2.24, 2.45) is 0 Å². The van der Waals surface area contributed by atoms with Gasteiger partial charge in [0.05, 0.1) is 10.5 Å². The molecule has 0 saturated carbocycles. The molecule has 1 aliphatic heterocycles. The number of phenolic OH excluding ortho intramolecular Hbond substituents is 1. The fraction of sp³-hybridized carbons (Fsp3) is 0.154. The van der Waals surface area contributed by atoms with Crippen LogP contribution in [0.5, 0.6) is 5.75 Å². The number of thiocarbonyl (C=S) groups is 1. The van der Waals surface area contributed by atoms with Gasteiger partial charge in [0.25, 0.3) is 5.91 Å². The minimum atomic E-state index is -0.205. The first-order valence-electron chi connectivity index (χ1n) is 5.44. The normalized spacial score (nSPS) is 17.4. The minimum absolute atomic E-state index is 0.123. The Labute approximate surface area is 120 Å². The molecule has 0 unspecified atom stereocenters. The van der Waals surface area contributed by atoms with Crippen molar-refractivity contribution >= 4 is 46.6 Å². The summed E-state index contributed by atoms with van der Waals surface area (Å²) in [5, 5.41) is 9.95. The van der Waals surface area contributed by atoms with Gasteiger partial charge >= 0.3 is 0 Å². The first-order valence-corrected chi connectivity index (χ1v) is 6.67. The summed E-state index contributed by atoms with van der Waals surface area (Å²) in [7, 11) is 1.60. The van der Waals surface area contributed by atoms with Crippen molar-refractivity contribution in [1.29, 1.82) is 0 Å². The number of hydrogen-bond acceptors (Lipinski definition) is 5. The van der Waals surface area contributed by atoms with Crippen LogP contribution in [-0.4, -0.2) is 33.6 Å². The molecule has 1 amide bonds. The SMILES string of the molecule is Cc1cc(C=O)c(O)c(/C=C2\SC(=S)N(C)C2=O)c1. The predicted molar refractivity (Wildman–Crippen MR) is 79.2 cm³/mol. The largest absolute Gasteiger partial charge is 0.507 e. The van der Waals surface area contributed by atoms with Crippen LogP contribution < -0.4 is 0 Å². The number of hydrogen-bond donors (Lipinski definition) is 1. The van der Waals surface area contributed by atoms with Gasteiger partial charge in [-0.1, -0.05) is 24.0 Å². The van der Waals surface area contributed by atoms with E-state index in [1.807, 2.05) is 6.92 Å². The highest BCUT2D eigenvalue weighted by Gasteiger charge is 2.29. The summed E-state index contributed by atoms with van der Waals surface area (Å²) in [6.45, 7) is 1.81. The zero-order chi connectivity index (χ0) is 14.2. The standard InChI is InChI=1S/C13H11NO3S2/c1-7-3-8(11(16)9(4-7)6-15)5-10-12(17)14(2)13(18)19-10/h3-6,16H,1-2H3/b10-5-. The van der Waals surface area contributed by atoms with Gasteiger partial charge < -0.3 is 5.11 Å². The monoisotopic (exact) mass is 293 g/mol. The molecular weight excluding hydrogens is 282 g/mol. The van der Waals surface area contributed by atoms with E-state index in [9.17, 15) is 14.7 Å². The summed E-state index contributed by atoms with van der Waals surface area (Å²) in [4.78, 5) is 24.5. The van der Waals surface area contributed by atoms with Crippen LogP contribution in [0, 0.1) is 6.92 Å². The average Bonchev–Trinajstić information content (AvgIpc) is 2.61. The van der Waals surface area contributed by atoms with Gasteiger partial charge in [0.15, 0.2) is 6.29 Å². The van der Waals surface area contributed by atoms with E-state index in [0.29, 0.717) is 21.1 Å². The first kappa shape index (κ1) is 13.8. The van der Waals surface area contributed by atoms with Crippen molar-refractivity contribution < 1.29 is 14.7 Å². The molecule has 0 atom stereocenters. The zero-order valence-corrected chi connectivity index (χ0v) is 12.0. The Morgan fingerprint density at radius 2 is 2.00 bits per heavy atom. The molecule has 0 aromatic heterocycles. The average molecular weight is 293 g/mol. The molecule has 19 heavy (non-hydrogen) atoms. The van der Waals surface area contributed by atoms with Crippen LogP contribution >= 0.6 is 24.0 Å². The summed E-state index contributed by atoms with van der Waals surface area (Å²) in [5.41, 5.74) is 1.48. The van der Waals surface area contributed by atoms with E-state index in [4.69, 9.17) is 12.2 Å². The van der Waals surface area contributed by atoms with Crippen molar-refractivity contribution in [3.05, 3.63) is 33.7 Å². The number of aromatic hydroxyl groups is 1. The molecule has 1 N–H and O–H groups in total. The molecule has 6 heteroatoms. The summed E-state index contributed by atoms with van der Waals surface area (Å²) >= 11 is 6.20. The van der Waals surface area contributed by atoms with E-state index in [1.165, 1.54) is 16.7 Å². The number of aldehydes is 1. The predicted octanol–water partition coefficient (Wildman–Crippen LogP) is 2.34. The fourth-order valence-electron chi connectivity index (χ4n) is 1.72. The van der Waals surface area contributed by atoms with Crippen molar-refractivity contribution in [3.8, 4) is 5.75 Å². The van der Waals surface area contributed by atoms with Crippen LogP contribution in [0.1, 0.15) is 21.5 Å². The summed E-state index contributed by atoms with van der Waals surface area (Å²) < 4.78 is 0.471. The topological polar surface area (TPSA) is 57.6 Å².